The van der Waals surface area contributed by atoms with Crippen LogP contribution in [0.2, 0.25) is 0 Å². The average molecular weight is 529 g/mol. The van der Waals surface area contributed by atoms with Crippen LogP contribution in [0.25, 0.3) is 43.6 Å². The summed E-state index contributed by atoms with van der Waals surface area (Å²) in [6, 6.07) is 29.2. The van der Waals surface area contributed by atoms with E-state index in [1.807, 2.05) is 42.5 Å². The predicted octanol–water partition coefficient (Wildman–Crippen LogP) is 7.10. The van der Waals surface area contributed by atoms with E-state index in [0.29, 0.717) is 22.2 Å². The first-order valence-electron chi connectivity index (χ1n) is 13.0. The number of carbonyl (C=O) groups is 1. The molecule has 7 rings (SSSR count). The van der Waals surface area contributed by atoms with Crippen LogP contribution in [0, 0.1) is 0 Å². The van der Waals surface area contributed by atoms with Crippen LogP contribution in [0.1, 0.15) is 23.2 Å². The van der Waals surface area contributed by atoms with Crippen molar-refractivity contribution in [3.63, 3.8) is 0 Å². The van der Waals surface area contributed by atoms with Gasteiger partial charge in [-0.25, -0.2) is 9.97 Å². The Kier molecular flexibility index (Phi) is 5.78. The van der Waals surface area contributed by atoms with E-state index in [1.165, 1.54) is 0 Å². The van der Waals surface area contributed by atoms with Crippen LogP contribution in [0.15, 0.2) is 91.0 Å². The first kappa shape index (κ1) is 23.5. The van der Waals surface area contributed by atoms with E-state index in [4.69, 9.17) is 26.9 Å². The van der Waals surface area contributed by atoms with E-state index in [9.17, 15) is 4.79 Å². The van der Waals surface area contributed by atoms with Crippen LogP contribution in [-0.2, 0) is 0 Å². The number of hydrogen-bond acceptors (Lipinski definition) is 5. The van der Waals surface area contributed by atoms with Gasteiger partial charge in [-0.1, -0.05) is 48.5 Å². The molecule has 1 fully saturated rings. The normalized spacial score (nSPS) is 13.4. The van der Waals surface area contributed by atoms with E-state index in [-0.39, 0.29) is 5.91 Å². The van der Waals surface area contributed by atoms with Crippen molar-refractivity contribution in [3.05, 3.63) is 96.6 Å². The second-order valence-electron chi connectivity index (χ2n) is 9.76. The SMILES string of the molecule is O=C(Nc1ccc2nc3c4ccccc4c4ccccc4c3nc2c1)c1ccc(OC(=S)N2CCCC2)cc1. The smallest absolute Gasteiger partial charge is 0.264 e. The van der Waals surface area contributed by atoms with Crippen molar-refractivity contribution in [2.75, 3.05) is 18.4 Å². The molecule has 2 heterocycles. The summed E-state index contributed by atoms with van der Waals surface area (Å²) in [5.41, 5.74) is 4.40. The van der Waals surface area contributed by atoms with Gasteiger partial charge < -0.3 is 15.0 Å². The molecular weight excluding hydrogens is 504 g/mol. The van der Waals surface area contributed by atoms with E-state index >= 15 is 0 Å². The van der Waals surface area contributed by atoms with E-state index in [2.05, 4.69) is 34.5 Å². The van der Waals surface area contributed by atoms with Gasteiger partial charge in [0.2, 0.25) is 0 Å². The zero-order valence-corrected chi connectivity index (χ0v) is 21.9. The predicted molar refractivity (Wildman–Crippen MR) is 160 cm³/mol. The van der Waals surface area contributed by atoms with Crippen molar-refractivity contribution in [1.29, 1.82) is 0 Å². The lowest BCUT2D eigenvalue weighted by Gasteiger charge is -2.18. The number of anilines is 1. The highest BCUT2D eigenvalue weighted by atomic mass is 32.1. The van der Waals surface area contributed by atoms with E-state index in [0.717, 1.165) is 69.5 Å². The largest absolute Gasteiger partial charge is 0.432 e. The molecule has 0 aliphatic carbocycles. The van der Waals surface area contributed by atoms with Crippen molar-refractivity contribution in [3.8, 4) is 5.75 Å². The fraction of sp³-hybridized carbons (Fsp3) is 0.125. The summed E-state index contributed by atoms with van der Waals surface area (Å²) in [6.07, 6.45) is 2.26. The van der Waals surface area contributed by atoms with Crippen LogP contribution >= 0.6 is 12.2 Å². The second kappa shape index (κ2) is 9.60. The molecular formula is C32H24N4O2S. The number of ether oxygens (including phenoxy) is 1. The molecule has 6 nitrogen and oxygen atoms in total. The van der Waals surface area contributed by atoms with Gasteiger partial charge in [-0.3, -0.25) is 4.79 Å². The number of nitrogens with zero attached hydrogens (tertiary/aromatic N) is 3. The zero-order valence-electron chi connectivity index (χ0n) is 21.1. The number of carbonyl (C=O) groups excluding carboxylic acids is 1. The molecule has 1 aromatic heterocycles. The van der Waals surface area contributed by atoms with Crippen molar-refractivity contribution < 1.29 is 9.53 Å². The van der Waals surface area contributed by atoms with Crippen LogP contribution < -0.4 is 10.1 Å². The standard InChI is InChI=1S/C32H24N4O2S/c37-31(20-11-14-22(15-12-20)38-32(39)36-17-5-6-18-36)33-21-13-16-27-28(19-21)35-30-26-10-4-2-8-24(26)23-7-1-3-9-25(23)29(30)34-27/h1-4,7-16,19H,5-6,17-18H2,(H,33,37). The molecule has 0 bridgehead atoms. The molecule has 1 aliphatic heterocycles. The third-order valence-corrected chi connectivity index (χ3v) is 7.60. The Morgan fingerprint density at radius 2 is 1.33 bits per heavy atom. The minimum atomic E-state index is -0.215. The maximum atomic E-state index is 13.0. The Balaban J connectivity index is 1.18. The fourth-order valence-electron chi connectivity index (χ4n) is 5.30. The molecule has 39 heavy (non-hydrogen) atoms. The number of rotatable bonds is 3. The third kappa shape index (κ3) is 4.30. The minimum absolute atomic E-state index is 0.215. The maximum absolute atomic E-state index is 13.0. The van der Waals surface area contributed by atoms with Crippen LogP contribution in [0.3, 0.4) is 0 Å². The molecule has 0 atom stereocenters. The Hall–Kier alpha value is -4.62. The Labute approximate surface area is 230 Å². The van der Waals surface area contributed by atoms with Gasteiger partial charge in [0.1, 0.15) is 5.75 Å². The van der Waals surface area contributed by atoms with Gasteiger partial charge in [-0.05, 0) is 78.3 Å². The van der Waals surface area contributed by atoms with Crippen molar-refractivity contribution >= 4 is 72.6 Å². The molecule has 7 heteroatoms. The van der Waals surface area contributed by atoms with Gasteiger partial charge in [0.05, 0.1) is 22.1 Å². The summed E-state index contributed by atoms with van der Waals surface area (Å²) < 4.78 is 5.80. The quantitative estimate of drug-likeness (QED) is 0.150. The number of likely N-dealkylation sites (tertiary alicyclic amines) is 1. The number of fused-ring (bicyclic) bond motifs is 7. The van der Waals surface area contributed by atoms with Gasteiger partial charge >= 0.3 is 0 Å². The van der Waals surface area contributed by atoms with Crippen molar-refractivity contribution in [2.24, 2.45) is 0 Å². The molecule has 0 radical (unpaired) electrons. The van der Waals surface area contributed by atoms with Gasteiger partial charge in [0, 0.05) is 35.1 Å². The highest BCUT2D eigenvalue weighted by Crippen LogP contribution is 2.34. The Bertz CT molecular complexity index is 1910. The summed E-state index contributed by atoms with van der Waals surface area (Å²) in [5, 5.41) is 7.91. The fourth-order valence-corrected chi connectivity index (χ4v) is 5.58. The number of aromatic nitrogens is 2. The maximum Gasteiger partial charge on any atom is 0.264 e. The summed E-state index contributed by atoms with van der Waals surface area (Å²) in [5.74, 6) is 0.407. The summed E-state index contributed by atoms with van der Waals surface area (Å²) >= 11 is 5.40. The molecule has 0 spiro atoms. The lowest BCUT2D eigenvalue weighted by molar-refractivity contribution is 0.102. The number of nitrogens with one attached hydrogen (secondary N) is 1. The van der Waals surface area contributed by atoms with Gasteiger partial charge in [0.25, 0.3) is 11.1 Å². The van der Waals surface area contributed by atoms with Crippen molar-refractivity contribution in [2.45, 2.75) is 12.8 Å². The van der Waals surface area contributed by atoms with Crippen LogP contribution in [-0.4, -0.2) is 39.0 Å². The van der Waals surface area contributed by atoms with Gasteiger partial charge in [0.15, 0.2) is 0 Å². The number of thiocarbonyl (C=S) groups is 1. The van der Waals surface area contributed by atoms with Crippen LogP contribution in [0.5, 0.6) is 5.75 Å². The first-order valence-corrected chi connectivity index (χ1v) is 13.4. The van der Waals surface area contributed by atoms with Gasteiger partial charge in [-0.2, -0.15) is 0 Å². The first-order chi connectivity index (χ1) is 19.1. The zero-order chi connectivity index (χ0) is 26.3. The lowest BCUT2D eigenvalue weighted by Crippen LogP contribution is -2.30. The highest BCUT2D eigenvalue weighted by molar-refractivity contribution is 7.80. The highest BCUT2D eigenvalue weighted by Gasteiger charge is 2.17. The Morgan fingerprint density at radius 3 is 1.97 bits per heavy atom. The molecule has 190 valence electrons. The molecule has 1 aliphatic rings. The van der Waals surface area contributed by atoms with Crippen LogP contribution in [0.4, 0.5) is 5.69 Å². The summed E-state index contributed by atoms with van der Waals surface area (Å²) in [7, 11) is 0. The number of amides is 1. The summed E-state index contributed by atoms with van der Waals surface area (Å²) in [6.45, 7) is 1.86. The van der Waals surface area contributed by atoms with E-state index in [1.54, 1.807) is 24.3 Å². The topological polar surface area (TPSA) is 67.3 Å². The molecule has 1 saturated heterocycles. The molecule has 5 aromatic carbocycles. The van der Waals surface area contributed by atoms with Crippen molar-refractivity contribution in [1.82, 2.24) is 14.9 Å². The average Bonchev–Trinajstić information content (AvgIpc) is 3.52. The Morgan fingerprint density at radius 1 is 0.744 bits per heavy atom. The molecule has 0 unspecified atom stereocenters. The molecule has 6 aromatic rings. The summed E-state index contributed by atoms with van der Waals surface area (Å²) in [4.78, 5) is 25.1. The van der Waals surface area contributed by atoms with Gasteiger partial charge in [-0.15, -0.1) is 0 Å². The third-order valence-electron chi connectivity index (χ3n) is 7.26. The molecule has 1 N–H and O–H groups in total. The lowest BCUT2D eigenvalue weighted by atomic mass is 9.99. The van der Waals surface area contributed by atoms with E-state index < -0.39 is 0 Å². The second-order valence-corrected chi connectivity index (χ2v) is 10.1. The molecule has 0 saturated carbocycles. The number of hydrogen-bond donors (Lipinski definition) is 1. The minimum Gasteiger partial charge on any atom is -0.432 e. The number of benzene rings is 5. The molecule has 1 amide bonds. The monoisotopic (exact) mass is 528 g/mol.